The van der Waals surface area contributed by atoms with Crippen molar-refractivity contribution in [3.8, 4) is 0 Å². The zero-order valence-electron chi connectivity index (χ0n) is 8.66. The van der Waals surface area contributed by atoms with E-state index in [1.54, 1.807) is 0 Å². The fraction of sp³-hybridized carbons (Fsp3) is 0.700. The van der Waals surface area contributed by atoms with Crippen molar-refractivity contribution in [3.05, 3.63) is 11.9 Å². The third-order valence-corrected chi connectivity index (χ3v) is 2.87. The van der Waals surface area contributed by atoms with Gasteiger partial charge in [0.15, 0.2) is 5.95 Å². The SMILES string of the molecule is CCn1cc(CNC2CCC2)nc1N. The van der Waals surface area contributed by atoms with E-state index in [1.165, 1.54) is 19.3 Å². The average molecular weight is 194 g/mol. The molecule has 1 aromatic rings. The van der Waals surface area contributed by atoms with E-state index in [-0.39, 0.29) is 0 Å². The monoisotopic (exact) mass is 194 g/mol. The van der Waals surface area contributed by atoms with E-state index in [2.05, 4.69) is 17.2 Å². The number of hydrogen-bond donors (Lipinski definition) is 2. The summed E-state index contributed by atoms with van der Waals surface area (Å²) in [6, 6.07) is 0.711. The molecule has 1 aliphatic rings. The Morgan fingerprint density at radius 3 is 2.93 bits per heavy atom. The number of aromatic nitrogens is 2. The minimum Gasteiger partial charge on any atom is -0.369 e. The Balaban J connectivity index is 1.88. The van der Waals surface area contributed by atoms with E-state index >= 15 is 0 Å². The summed E-state index contributed by atoms with van der Waals surface area (Å²) in [6.07, 6.45) is 6.01. The van der Waals surface area contributed by atoms with E-state index in [1.807, 2.05) is 10.8 Å². The van der Waals surface area contributed by atoms with Gasteiger partial charge in [-0.2, -0.15) is 0 Å². The number of anilines is 1. The van der Waals surface area contributed by atoms with E-state index in [4.69, 9.17) is 5.73 Å². The van der Waals surface area contributed by atoms with Crippen LogP contribution < -0.4 is 11.1 Å². The van der Waals surface area contributed by atoms with Crippen LogP contribution in [-0.2, 0) is 13.1 Å². The highest BCUT2D eigenvalue weighted by Gasteiger charge is 2.16. The van der Waals surface area contributed by atoms with Crippen molar-refractivity contribution in [2.45, 2.75) is 45.3 Å². The molecule has 0 saturated heterocycles. The number of nitrogens with two attached hydrogens (primary N) is 1. The van der Waals surface area contributed by atoms with E-state index in [9.17, 15) is 0 Å². The summed E-state index contributed by atoms with van der Waals surface area (Å²) in [5.74, 6) is 0.623. The molecule has 0 amide bonds. The second-order valence-corrected chi connectivity index (χ2v) is 3.89. The molecular formula is C10H18N4. The summed E-state index contributed by atoms with van der Waals surface area (Å²) in [4.78, 5) is 4.29. The van der Waals surface area contributed by atoms with Crippen LogP contribution >= 0.6 is 0 Å². The highest BCUT2D eigenvalue weighted by Crippen LogP contribution is 2.18. The van der Waals surface area contributed by atoms with Crippen LogP contribution in [0.15, 0.2) is 6.20 Å². The maximum atomic E-state index is 5.73. The molecule has 1 saturated carbocycles. The standard InChI is InChI=1S/C10H18N4/c1-2-14-7-9(13-10(14)11)6-12-8-4-3-5-8/h7-8,12H,2-6H2,1H3,(H2,11,13). The van der Waals surface area contributed by atoms with Gasteiger partial charge in [-0.1, -0.05) is 6.42 Å². The third kappa shape index (κ3) is 1.90. The lowest BCUT2D eigenvalue weighted by Gasteiger charge is -2.26. The molecule has 0 unspecified atom stereocenters. The van der Waals surface area contributed by atoms with Crippen LogP contribution in [0.4, 0.5) is 5.95 Å². The van der Waals surface area contributed by atoms with Gasteiger partial charge in [0.25, 0.3) is 0 Å². The highest BCUT2D eigenvalue weighted by molar-refractivity contribution is 5.21. The van der Waals surface area contributed by atoms with Gasteiger partial charge in [-0.15, -0.1) is 0 Å². The lowest BCUT2D eigenvalue weighted by atomic mass is 9.93. The molecule has 3 N–H and O–H groups in total. The number of rotatable bonds is 4. The highest BCUT2D eigenvalue weighted by atomic mass is 15.1. The maximum absolute atomic E-state index is 5.73. The van der Waals surface area contributed by atoms with Crippen LogP contribution in [0.3, 0.4) is 0 Å². The fourth-order valence-corrected chi connectivity index (χ4v) is 1.69. The first-order valence-corrected chi connectivity index (χ1v) is 5.34. The van der Waals surface area contributed by atoms with Gasteiger partial charge in [0.05, 0.1) is 5.69 Å². The van der Waals surface area contributed by atoms with Crippen LogP contribution in [0.1, 0.15) is 31.9 Å². The van der Waals surface area contributed by atoms with Gasteiger partial charge < -0.3 is 15.6 Å². The molecule has 0 bridgehead atoms. The third-order valence-electron chi connectivity index (χ3n) is 2.87. The fourth-order valence-electron chi connectivity index (χ4n) is 1.69. The Kier molecular flexibility index (Phi) is 2.72. The summed E-state index contributed by atoms with van der Waals surface area (Å²) in [7, 11) is 0. The van der Waals surface area contributed by atoms with Gasteiger partial charge in [-0.3, -0.25) is 0 Å². The van der Waals surface area contributed by atoms with E-state index in [0.717, 1.165) is 18.8 Å². The van der Waals surface area contributed by atoms with Crippen LogP contribution in [-0.4, -0.2) is 15.6 Å². The summed E-state index contributed by atoms with van der Waals surface area (Å²) < 4.78 is 1.97. The van der Waals surface area contributed by atoms with E-state index in [0.29, 0.717) is 12.0 Å². The second kappa shape index (κ2) is 4.00. The van der Waals surface area contributed by atoms with Crippen LogP contribution in [0, 0.1) is 0 Å². The minimum atomic E-state index is 0.623. The molecule has 0 aliphatic heterocycles. The number of nitrogens with zero attached hydrogens (tertiary/aromatic N) is 2. The Morgan fingerprint density at radius 2 is 2.43 bits per heavy atom. The Hall–Kier alpha value is -1.03. The van der Waals surface area contributed by atoms with Gasteiger partial charge in [-0.05, 0) is 19.8 Å². The number of nitrogen functional groups attached to an aromatic ring is 1. The molecule has 0 atom stereocenters. The number of hydrogen-bond acceptors (Lipinski definition) is 3. The lowest BCUT2D eigenvalue weighted by Crippen LogP contribution is -2.34. The predicted octanol–water partition coefficient (Wildman–Crippen LogP) is 1.13. The molecule has 1 heterocycles. The summed E-state index contributed by atoms with van der Waals surface area (Å²) >= 11 is 0. The van der Waals surface area contributed by atoms with Crippen LogP contribution in [0.5, 0.6) is 0 Å². The van der Waals surface area contributed by atoms with Gasteiger partial charge in [0, 0.05) is 25.3 Å². The van der Waals surface area contributed by atoms with Crippen molar-refractivity contribution in [2.75, 3.05) is 5.73 Å². The molecular weight excluding hydrogens is 176 g/mol. The van der Waals surface area contributed by atoms with E-state index < -0.39 is 0 Å². The van der Waals surface area contributed by atoms with Gasteiger partial charge in [-0.25, -0.2) is 4.98 Å². The summed E-state index contributed by atoms with van der Waals surface area (Å²) in [5, 5.41) is 3.47. The molecule has 1 fully saturated rings. The molecule has 0 radical (unpaired) electrons. The predicted molar refractivity (Wildman–Crippen MR) is 56.8 cm³/mol. The topological polar surface area (TPSA) is 55.9 Å². The molecule has 2 rings (SSSR count). The van der Waals surface area contributed by atoms with Crippen molar-refractivity contribution >= 4 is 5.95 Å². The van der Waals surface area contributed by atoms with Crippen molar-refractivity contribution in [1.29, 1.82) is 0 Å². The van der Waals surface area contributed by atoms with Gasteiger partial charge >= 0.3 is 0 Å². The second-order valence-electron chi connectivity index (χ2n) is 3.89. The molecule has 4 heteroatoms. The van der Waals surface area contributed by atoms with Crippen molar-refractivity contribution in [1.82, 2.24) is 14.9 Å². The zero-order valence-corrected chi connectivity index (χ0v) is 8.66. The smallest absolute Gasteiger partial charge is 0.200 e. The molecule has 14 heavy (non-hydrogen) atoms. The quantitative estimate of drug-likeness (QED) is 0.755. The Morgan fingerprint density at radius 1 is 1.64 bits per heavy atom. The van der Waals surface area contributed by atoms with Crippen LogP contribution in [0.2, 0.25) is 0 Å². The average Bonchev–Trinajstić information content (AvgIpc) is 2.44. The number of nitrogens with one attached hydrogen (secondary N) is 1. The van der Waals surface area contributed by atoms with Gasteiger partial charge in [0.2, 0.25) is 0 Å². The molecule has 0 aromatic carbocycles. The molecule has 4 nitrogen and oxygen atoms in total. The van der Waals surface area contributed by atoms with Crippen molar-refractivity contribution < 1.29 is 0 Å². The zero-order chi connectivity index (χ0) is 9.97. The Labute approximate surface area is 84.5 Å². The number of imidazole rings is 1. The molecule has 1 aromatic heterocycles. The summed E-state index contributed by atoms with van der Waals surface area (Å²) in [6.45, 7) is 3.81. The minimum absolute atomic E-state index is 0.623. The molecule has 78 valence electrons. The largest absolute Gasteiger partial charge is 0.369 e. The first-order chi connectivity index (χ1) is 6.79. The Bertz CT molecular complexity index is 301. The maximum Gasteiger partial charge on any atom is 0.200 e. The van der Waals surface area contributed by atoms with Crippen molar-refractivity contribution in [2.24, 2.45) is 0 Å². The number of aryl methyl sites for hydroxylation is 1. The lowest BCUT2D eigenvalue weighted by molar-refractivity contribution is 0.337. The molecule has 0 spiro atoms. The summed E-state index contributed by atoms with van der Waals surface area (Å²) in [5.41, 5.74) is 6.78. The first kappa shape index (κ1) is 9.52. The van der Waals surface area contributed by atoms with Gasteiger partial charge in [0.1, 0.15) is 0 Å². The normalized spacial score (nSPS) is 16.9. The first-order valence-electron chi connectivity index (χ1n) is 5.34. The molecule has 1 aliphatic carbocycles. The van der Waals surface area contributed by atoms with Crippen molar-refractivity contribution in [3.63, 3.8) is 0 Å². The van der Waals surface area contributed by atoms with Crippen LogP contribution in [0.25, 0.3) is 0 Å².